The Morgan fingerprint density at radius 2 is 1.78 bits per heavy atom. The van der Waals surface area contributed by atoms with E-state index < -0.39 is 10.0 Å². The average Bonchev–Trinajstić information content (AvgIpc) is 3.29. The molecule has 6 heteroatoms. The molecule has 0 amide bonds. The Hall–Kier alpha value is -2.31. The largest absolute Gasteiger partial charge is 0.491 e. The summed E-state index contributed by atoms with van der Waals surface area (Å²) in [6, 6.07) is 17.1. The lowest BCUT2D eigenvalue weighted by atomic mass is 10.2. The van der Waals surface area contributed by atoms with Gasteiger partial charge in [0.05, 0.1) is 11.0 Å². The lowest BCUT2D eigenvalue weighted by Gasteiger charge is -2.18. The Morgan fingerprint density at radius 1 is 1.04 bits per heavy atom. The van der Waals surface area contributed by atoms with Crippen molar-refractivity contribution < 1.29 is 13.2 Å². The van der Waals surface area contributed by atoms with Crippen LogP contribution in [-0.4, -0.2) is 36.5 Å². The maximum atomic E-state index is 13.0. The van der Waals surface area contributed by atoms with Gasteiger partial charge < -0.3 is 9.30 Å². The van der Waals surface area contributed by atoms with Crippen molar-refractivity contribution in [1.29, 1.82) is 0 Å². The number of nitrogens with zero attached hydrogens (tertiary/aromatic N) is 2. The van der Waals surface area contributed by atoms with Gasteiger partial charge in [0, 0.05) is 30.8 Å². The van der Waals surface area contributed by atoms with E-state index in [4.69, 9.17) is 4.74 Å². The molecule has 1 aliphatic rings. The van der Waals surface area contributed by atoms with Crippen molar-refractivity contribution >= 4 is 20.9 Å². The molecule has 1 atom stereocenters. The van der Waals surface area contributed by atoms with E-state index in [0.717, 1.165) is 11.9 Å². The molecule has 1 aromatic heterocycles. The zero-order chi connectivity index (χ0) is 19.0. The van der Waals surface area contributed by atoms with Crippen molar-refractivity contribution in [3.05, 3.63) is 60.8 Å². The summed E-state index contributed by atoms with van der Waals surface area (Å²) in [6.07, 6.45) is 2.93. The number of benzene rings is 2. The molecule has 1 aliphatic heterocycles. The zero-order valence-electron chi connectivity index (χ0n) is 15.6. The van der Waals surface area contributed by atoms with Gasteiger partial charge in [-0.05, 0) is 62.1 Å². The minimum Gasteiger partial charge on any atom is -0.491 e. The summed E-state index contributed by atoms with van der Waals surface area (Å²) in [5.74, 6) is 0.682. The topological polar surface area (TPSA) is 51.5 Å². The molecule has 1 unspecified atom stereocenters. The molecule has 0 aliphatic carbocycles. The van der Waals surface area contributed by atoms with Gasteiger partial charge in [0.2, 0.25) is 10.0 Å². The first-order valence-corrected chi connectivity index (χ1v) is 10.7. The molecule has 0 N–H and O–H groups in total. The van der Waals surface area contributed by atoms with Crippen LogP contribution >= 0.6 is 0 Å². The third-order valence-electron chi connectivity index (χ3n) is 4.98. The second-order valence-electron chi connectivity index (χ2n) is 7.23. The highest BCUT2D eigenvalue weighted by molar-refractivity contribution is 7.89. The van der Waals surface area contributed by atoms with E-state index in [1.807, 2.05) is 26.0 Å². The van der Waals surface area contributed by atoms with Crippen LogP contribution in [0.2, 0.25) is 0 Å². The number of rotatable bonds is 5. The first-order valence-electron chi connectivity index (χ1n) is 9.27. The molecule has 27 heavy (non-hydrogen) atoms. The van der Waals surface area contributed by atoms with E-state index >= 15 is 0 Å². The van der Waals surface area contributed by atoms with Crippen molar-refractivity contribution in [2.75, 3.05) is 13.1 Å². The van der Waals surface area contributed by atoms with Crippen LogP contribution < -0.4 is 4.74 Å². The number of ether oxygens (including phenoxy) is 1. The van der Waals surface area contributed by atoms with Crippen molar-refractivity contribution in [2.45, 2.75) is 37.3 Å². The maximum absolute atomic E-state index is 13.0. The van der Waals surface area contributed by atoms with Gasteiger partial charge >= 0.3 is 0 Å². The number of para-hydroxylation sites is 1. The summed E-state index contributed by atoms with van der Waals surface area (Å²) >= 11 is 0. The minimum absolute atomic E-state index is 0.0585. The van der Waals surface area contributed by atoms with Crippen LogP contribution in [0.4, 0.5) is 0 Å². The lowest BCUT2D eigenvalue weighted by molar-refractivity contribution is 0.242. The summed E-state index contributed by atoms with van der Waals surface area (Å²) in [4.78, 5) is 0.316. The number of sulfonamides is 1. The van der Waals surface area contributed by atoms with E-state index in [2.05, 4.69) is 29.0 Å². The van der Waals surface area contributed by atoms with Gasteiger partial charge in [-0.15, -0.1) is 0 Å². The van der Waals surface area contributed by atoms with E-state index in [9.17, 15) is 8.42 Å². The van der Waals surface area contributed by atoms with E-state index in [1.165, 1.54) is 5.39 Å². The molecule has 2 aromatic carbocycles. The molecule has 3 aromatic rings. The molecule has 5 nitrogen and oxygen atoms in total. The third kappa shape index (κ3) is 3.47. The summed E-state index contributed by atoms with van der Waals surface area (Å²) in [7, 11) is -3.50. The number of aromatic nitrogens is 1. The number of hydrogen-bond acceptors (Lipinski definition) is 3. The molecule has 0 spiro atoms. The third-order valence-corrected chi connectivity index (χ3v) is 6.86. The Balaban J connectivity index is 1.54. The Bertz CT molecular complexity index is 1040. The summed E-state index contributed by atoms with van der Waals surface area (Å²) in [6.45, 7) is 4.91. The maximum Gasteiger partial charge on any atom is 0.243 e. The standard InChI is InChI=1S/C21H24N2O3S/c1-16(2)26-19-7-9-20(10-8-19)27(24,25)22-13-12-18(15-22)23-14-11-17-5-3-4-6-21(17)23/h3-11,14,16,18H,12-13,15H2,1-2H3. The number of hydrogen-bond donors (Lipinski definition) is 0. The molecule has 0 saturated carbocycles. The van der Waals surface area contributed by atoms with Crippen LogP contribution in [0.5, 0.6) is 5.75 Å². The van der Waals surface area contributed by atoms with Crippen molar-refractivity contribution in [1.82, 2.24) is 8.87 Å². The van der Waals surface area contributed by atoms with Gasteiger partial charge in [-0.3, -0.25) is 0 Å². The molecule has 142 valence electrons. The smallest absolute Gasteiger partial charge is 0.243 e. The van der Waals surface area contributed by atoms with Gasteiger partial charge in [0.1, 0.15) is 5.75 Å². The first-order chi connectivity index (χ1) is 12.9. The second kappa shape index (κ2) is 7.02. The predicted octanol–water partition coefficient (Wildman–Crippen LogP) is 4.06. The zero-order valence-corrected chi connectivity index (χ0v) is 16.4. The fraction of sp³-hybridized carbons (Fsp3) is 0.333. The molecule has 1 saturated heterocycles. The van der Waals surface area contributed by atoms with Crippen LogP contribution in [0, 0.1) is 0 Å². The normalized spacial score (nSPS) is 18.4. The fourth-order valence-electron chi connectivity index (χ4n) is 3.69. The van der Waals surface area contributed by atoms with Gasteiger partial charge in [0.15, 0.2) is 0 Å². The molecular formula is C21H24N2O3S. The van der Waals surface area contributed by atoms with Gasteiger partial charge in [-0.1, -0.05) is 18.2 Å². The molecule has 4 rings (SSSR count). The Morgan fingerprint density at radius 3 is 2.52 bits per heavy atom. The molecule has 0 bridgehead atoms. The molecule has 0 radical (unpaired) electrons. The van der Waals surface area contributed by atoms with Gasteiger partial charge in [0.25, 0.3) is 0 Å². The Kier molecular flexibility index (Phi) is 4.70. The molecule has 1 fully saturated rings. The molecular weight excluding hydrogens is 360 g/mol. The summed E-state index contributed by atoms with van der Waals surface area (Å²) < 4.78 is 35.4. The van der Waals surface area contributed by atoms with Crippen molar-refractivity contribution in [3.63, 3.8) is 0 Å². The van der Waals surface area contributed by atoms with Crippen LogP contribution in [0.3, 0.4) is 0 Å². The SMILES string of the molecule is CC(C)Oc1ccc(S(=O)(=O)N2CCC(n3ccc4ccccc43)C2)cc1. The molecule has 2 heterocycles. The van der Waals surface area contributed by atoms with Crippen LogP contribution in [0.25, 0.3) is 10.9 Å². The van der Waals surface area contributed by atoms with E-state index in [1.54, 1.807) is 28.6 Å². The predicted molar refractivity (Wildman–Crippen MR) is 107 cm³/mol. The van der Waals surface area contributed by atoms with Crippen LogP contribution in [0.1, 0.15) is 26.3 Å². The van der Waals surface area contributed by atoms with Crippen LogP contribution in [0.15, 0.2) is 65.7 Å². The first kappa shape index (κ1) is 18.1. The highest BCUT2D eigenvalue weighted by Crippen LogP contribution is 2.31. The minimum atomic E-state index is -3.50. The average molecular weight is 385 g/mol. The fourth-order valence-corrected chi connectivity index (χ4v) is 5.18. The number of fused-ring (bicyclic) bond motifs is 1. The monoisotopic (exact) mass is 384 g/mol. The summed E-state index contributed by atoms with van der Waals surface area (Å²) in [5.41, 5.74) is 1.15. The van der Waals surface area contributed by atoms with Crippen LogP contribution in [-0.2, 0) is 10.0 Å². The van der Waals surface area contributed by atoms with E-state index in [-0.39, 0.29) is 12.1 Å². The van der Waals surface area contributed by atoms with Crippen molar-refractivity contribution in [3.8, 4) is 5.75 Å². The van der Waals surface area contributed by atoms with Gasteiger partial charge in [-0.2, -0.15) is 4.31 Å². The lowest BCUT2D eigenvalue weighted by Crippen LogP contribution is -2.29. The highest BCUT2D eigenvalue weighted by atomic mass is 32.2. The highest BCUT2D eigenvalue weighted by Gasteiger charge is 2.33. The van der Waals surface area contributed by atoms with Gasteiger partial charge in [-0.25, -0.2) is 8.42 Å². The second-order valence-corrected chi connectivity index (χ2v) is 9.16. The van der Waals surface area contributed by atoms with Crippen molar-refractivity contribution in [2.24, 2.45) is 0 Å². The quantitative estimate of drug-likeness (QED) is 0.666. The van der Waals surface area contributed by atoms with E-state index in [0.29, 0.717) is 23.7 Å². The summed E-state index contributed by atoms with van der Waals surface area (Å²) in [5, 5.41) is 1.18. The Labute approximate surface area is 160 Å².